The average molecular weight is 343 g/mol. The summed E-state index contributed by atoms with van der Waals surface area (Å²) in [6.07, 6.45) is 0. The van der Waals surface area contributed by atoms with Gasteiger partial charge in [-0.1, -0.05) is 6.07 Å². The molecule has 9 heteroatoms. The van der Waals surface area contributed by atoms with Crippen molar-refractivity contribution < 1.29 is 9.72 Å². The Morgan fingerprint density at radius 3 is 2.92 bits per heavy atom. The van der Waals surface area contributed by atoms with Gasteiger partial charge in [-0.2, -0.15) is 5.10 Å². The molecule has 0 bridgehead atoms. The van der Waals surface area contributed by atoms with Gasteiger partial charge in [-0.25, -0.2) is 4.98 Å². The molecular weight excluding hydrogens is 330 g/mol. The second-order valence-electron chi connectivity index (χ2n) is 4.98. The molecule has 2 aromatic heterocycles. The van der Waals surface area contributed by atoms with E-state index in [9.17, 15) is 14.9 Å². The largest absolute Gasteiger partial charge is 0.372 e. The Balaban J connectivity index is 1.77. The van der Waals surface area contributed by atoms with Crippen LogP contribution in [0.5, 0.6) is 0 Å². The normalized spacial score (nSPS) is 10.5. The number of nitrogens with one attached hydrogen (secondary N) is 2. The van der Waals surface area contributed by atoms with E-state index >= 15 is 0 Å². The van der Waals surface area contributed by atoms with E-state index in [-0.39, 0.29) is 18.0 Å². The van der Waals surface area contributed by atoms with Crippen LogP contribution in [0.25, 0.3) is 10.7 Å². The highest BCUT2D eigenvalue weighted by molar-refractivity contribution is 7.13. The molecule has 8 nitrogen and oxygen atoms in total. The van der Waals surface area contributed by atoms with Gasteiger partial charge in [0.25, 0.3) is 5.69 Å². The lowest BCUT2D eigenvalue weighted by molar-refractivity contribution is -0.384. The van der Waals surface area contributed by atoms with Crippen LogP contribution >= 0.6 is 11.3 Å². The van der Waals surface area contributed by atoms with Crippen LogP contribution < -0.4 is 5.32 Å². The quantitative estimate of drug-likeness (QED) is 0.403. The molecule has 1 aromatic carbocycles. The minimum absolute atomic E-state index is 0.152. The fourth-order valence-electron chi connectivity index (χ4n) is 2.12. The number of anilines is 1. The third-order valence-electron chi connectivity index (χ3n) is 3.32. The fourth-order valence-corrected chi connectivity index (χ4v) is 2.78. The third kappa shape index (κ3) is 3.30. The molecule has 0 unspecified atom stereocenters. The highest BCUT2D eigenvalue weighted by Crippen LogP contribution is 2.26. The molecule has 2 N–H and O–H groups in total. The number of carbonyl (C=O) groups excluding carboxylic acids is 1. The Bertz CT molecular complexity index is 888. The Hall–Kier alpha value is -3.07. The molecule has 0 radical (unpaired) electrons. The van der Waals surface area contributed by atoms with Crippen molar-refractivity contribution >= 4 is 28.5 Å². The molecule has 0 aliphatic heterocycles. The van der Waals surface area contributed by atoms with Crippen molar-refractivity contribution in [1.29, 1.82) is 0 Å². The number of aromatic nitrogens is 3. The summed E-state index contributed by atoms with van der Waals surface area (Å²) in [5, 5.41) is 23.0. The number of aromatic amines is 1. The first kappa shape index (κ1) is 15.8. The maximum atomic E-state index is 11.4. The summed E-state index contributed by atoms with van der Waals surface area (Å²) in [7, 11) is 0. The second-order valence-corrected chi connectivity index (χ2v) is 5.93. The molecular formula is C15H13N5O3S. The summed E-state index contributed by atoms with van der Waals surface area (Å²) in [6, 6.07) is 8.16. The molecule has 0 saturated heterocycles. The molecule has 122 valence electrons. The minimum Gasteiger partial charge on any atom is -0.372 e. The summed E-state index contributed by atoms with van der Waals surface area (Å²) in [5.74, 6) is 0.923. The summed E-state index contributed by atoms with van der Waals surface area (Å²) in [6.45, 7) is 1.62. The van der Waals surface area contributed by atoms with Gasteiger partial charge in [0, 0.05) is 11.6 Å². The monoisotopic (exact) mass is 343 g/mol. The topological polar surface area (TPSA) is 114 Å². The number of rotatable bonds is 6. The summed E-state index contributed by atoms with van der Waals surface area (Å²) in [4.78, 5) is 27.3. The van der Waals surface area contributed by atoms with E-state index in [2.05, 4.69) is 20.5 Å². The van der Waals surface area contributed by atoms with Gasteiger partial charge in [-0.3, -0.25) is 20.0 Å². The van der Waals surface area contributed by atoms with Crippen molar-refractivity contribution in [3.05, 3.63) is 57.2 Å². The highest BCUT2D eigenvalue weighted by atomic mass is 32.1. The van der Waals surface area contributed by atoms with Crippen molar-refractivity contribution in [2.75, 3.05) is 5.32 Å². The Labute approximate surface area is 140 Å². The van der Waals surface area contributed by atoms with Crippen LogP contribution in [-0.4, -0.2) is 25.9 Å². The number of benzene rings is 1. The van der Waals surface area contributed by atoms with Gasteiger partial charge in [-0.05, 0) is 30.5 Å². The summed E-state index contributed by atoms with van der Waals surface area (Å²) < 4.78 is 0. The molecule has 3 rings (SSSR count). The number of thiophene rings is 1. The smallest absolute Gasteiger partial charge is 0.293 e. The lowest BCUT2D eigenvalue weighted by Crippen LogP contribution is -2.05. The van der Waals surface area contributed by atoms with Crippen molar-refractivity contribution in [3.8, 4) is 10.7 Å². The highest BCUT2D eigenvalue weighted by Gasteiger charge is 2.16. The average Bonchev–Trinajstić information content (AvgIpc) is 3.23. The van der Waals surface area contributed by atoms with E-state index in [4.69, 9.17) is 0 Å². The fraction of sp³-hybridized carbons (Fsp3) is 0.133. The first-order valence-corrected chi connectivity index (χ1v) is 7.91. The zero-order chi connectivity index (χ0) is 17.1. The molecule has 0 aliphatic carbocycles. The zero-order valence-electron chi connectivity index (χ0n) is 12.6. The number of nitro benzene ring substituents is 1. The molecule has 0 saturated carbocycles. The number of Topliss-reactive ketones (excluding diaryl/α,β-unsaturated/α-hetero) is 1. The van der Waals surface area contributed by atoms with E-state index in [0.29, 0.717) is 22.9 Å². The number of carbonyl (C=O) groups is 1. The van der Waals surface area contributed by atoms with E-state index in [1.807, 2.05) is 17.5 Å². The van der Waals surface area contributed by atoms with Crippen LogP contribution in [0.3, 0.4) is 0 Å². The predicted molar refractivity (Wildman–Crippen MR) is 90.1 cm³/mol. The van der Waals surface area contributed by atoms with Gasteiger partial charge in [0.15, 0.2) is 11.6 Å². The number of nitro groups is 1. The minimum atomic E-state index is -0.522. The number of H-pyrrole nitrogens is 1. The van der Waals surface area contributed by atoms with E-state index in [1.54, 1.807) is 6.07 Å². The van der Waals surface area contributed by atoms with Gasteiger partial charge in [0.2, 0.25) is 0 Å². The SMILES string of the molecule is CC(=O)c1ccc(NCc2nc(-c3cccs3)n[nH]2)c([N+](=O)[O-])c1. The second kappa shape index (κ2) is 6.59. The molecule has 2 heterocycles. The maximum absolute atomic E-state index is 11.4. The van der Waals surface area contributed by atoms with Gasteiger partial charge in [-0.15, -0.1) is 11.3 Å². The zero-order valence-corrected chi connectivity index (χ0v) is 13.5. The molecule has 3 aromatic rings. The van der Waals surface area contributed by atoms with Gasteiger partial charge >= 0.3 is 0 Å². The lowest BCUT2D eigenvalue weighted by Gasteiger charge is -2.06. The van der Waals surface area contributed by atoms with E-state index < -0.39 is 4.92 Å². The first-order valence-electron chi connectivity index (χ1n) is 7.03. The summed E-state index contributed by atoms with van der Waals surface area (Å²) in [5.41, 5.74) is 0.465. The molecule has 0 amide bonds. The molecule has 24 heavy (non-hydrogen) atoms. The van der Waals surface area contributed by atoms with Gasteiger partial charge in [0.1, 0.15) is 11.5 Å². The Morgan fingerprint density at radius 2 is 2.25 bits per heavy atom. The molecule has 0 fully saturated rings. The third-order valence-corrected chi connectivity index (χ3v) is 4.19. The van der Waals surface area contributed by atoms with Crippen molar-refractivity contribution in [1.82, 2.24) is 15.2 Å². The Kier molecular flexibility index (Phi) is 4.34. The van der Waals surface area contributed by atoms with Crippen LogP contribution in [0.2, 0.25) is 0 Å². The summed E-state index contributed by atoms with van der Waals surface area (Å²) >= 11 is 1.53. The van der Waals surface area contributed by atoms with Crippen molar-refractivity contribution in [2.45, 2.75) is 13.5 Å². The van der Waals surface area contributed by atoms with Gasteiger partial charge < -0.3 is 5.32 Å². The number of hydrogen-bond donors (Lipinski definition) is 2. The van der Waals surface area contributed by atoms with Gasteiger partial charge in [0.05, 0.1) is 16.3 Å². The first-order chi connectivity index (χ1) is 11.5. The number of nitrogens with zero attached hydrogens (tertiary/aromatic N) is 3. The Morgan fingerprint density at radius 1 is 1.42 bits per heavy atom. The standard InChI is InChI=1S/C15H13N5O3S/c1-9(21)10-4-5-11(12(7-10)20(22)23)16-8-14-17-15(19-18-14)13-3-2-6-24-13/h2-7,16H,8H2,1H3,(H,17,18,19). The molecule has 0 spiro atoms. The predicted octanol–water partition coefficient (Wildman–Crippen LogP) is 3.26. The van der Waals surface area contributed by atoms with E-state index in [0.717, 1.165) is 4.88 Å². The molecule has 0 aliphatic rings. The van der Waals surface area contributed by atoms with Crippen molar-refractivity contribution in [3.63, 3.8) is 0 Å². The van der Waals surface area contributed by atoms with Crippen molar-refractivity contribution in [2.24, 2.45) is 0 Å². The molecule has 0 atom stereocenters. The van der Waals surface area contributed by atoms with Crippen LogP contribution in [-0.2, 0) is 6.54 Å². The van der Waals surface area contributed by atoms with Crippen LogP contribution in [0.4, 0.5) is 11.4 Å². The van der Waals surface area contributed by atoms with Crippen LogP contribution in [0.15, 0.2) is 35.7 Å². The number of hydrogen-bond acceptors (Lipinski definition) is 7. The van der Waals surface area contributed by atoms with Crippen LogP contribution in [0, 0.1) is 10.1 Å². The number of ketones is 1. The maximum Gasteiger partial charge on any atom is 0.293 e. The lowest BCUT2D eigenvalue weighted by atomic mass is 10.1. The van der Waals surface area contributed by atoms with E-state index in [1.165, 1.54) is 30.4 Å². The van der Waals surface area contributed by atoms with Crippen LogP contribution in [0.1, 0.15) is 23.1 Å².